The number of fused-ring (bicyclic) bond motifs is 1. The van der Waals surface area contributed by atoms with Crippen molar-refractivity contribution in [2.24, 2.45) is 0 Å². The average Bonchev–Trinajstić information content (AvgIpc) is 3.24. The number of aromatic amines is 1. The number of hydrogen-bond donors (Lipinski definition) is 2. The first-order valence-corrected chi connectivity index (χ1v) is 11.9. The minimum absolute atomic E-state index is 0.0138. The second-order valence-electron chi connectivity index (χ2n) is 7.82. The normalized spacial score (nSPS) is 11.8. The number of ketones is 1. The third-order valence-electron chi connectivity index (χ3n) is 5.57. The quantitative estimate of drug-likeness (QED) is 0.373. The van der Waals surface area contributed by atoms with Gasteiger partial charge in [0.2, 0.25) is 5.78 Å². The number of nitrogens with zero attached hydrogens (tertiary/aromatic N) is 2. The molecule has 0 fully saturated rings. The van der Waals surface area contributed by atoms with Crippen LogP contribution in [0, 0.1) is 18.6 Å². The molecule has 0 bridgehead atoms. The van der Waals surface area contributed by atoms with E-state index in [1.165, 1.54) is 13.2 Å². The van der Waals surface area contributed by atoms with E-state index in [4.69, 9.17) is 0 Å². The Labute approximate surface area is 195 Å². The average molecular weight is 485 g/mol. The third-order valence-corrected chi connectivity index (χ3v) is 7.13. The predicted octanol–water partition coefficient (Wildman–Crippen LogP) is 4.66. The van der Waals surface area contributed by atoms with Crippen LogP contribution in [0.15, 0.2) is 54.9 Å². The maximum Gasteiger partial charge on any atom is 0.301 e. The summed E-state index contributed by atoms with van der Waals surface area (Å²) in [7, 11) is -2.77. The number of carbonyl (C=O) groups is 1. The molecule has 0 radical (unpaired) electrons. The van der Waals surface area contributed by atoms with E-state index in [2.05, 4.69) is 14.7 Å². The maximum absolute atomic E-state index is 15.2. The van der Waals surface area contributed by atoms with E-state index in [0.29, 0.717) is 11.0 Å². The highest BCUT2D eigenvalue weighted by atomic mass is 32.2. The van der Waals surface area contributed by atoms with Crippen LogP contribution >= 0.6 is 0 Å². The van der Waals surface area contributed by atoms with Crippen molar-refractivity contribution in [3.8, 4) is 11.1 Å². The van der Waals surface area contributed by atoms with E-state index >= 15 is 4.39 Å². The smallest absolute Gasteiger partial charge is 0.301 e. The van der Waals surface area contributed by atoms with Crippen molar-refractivity contribution in [1.82, 2.24) is 14.3 Å². The van der Waals surface area contributed by atoms with Gasteiger partial charge in [0.05, 0.1) is 11.3 Å². The van der Waals surface area contributed by atoms with Gasteiger partial charge in [0.1, 0.15) is 11.5 Å². The molecule has 2 heterocycles. The van der Waals surface area contributed by atoms with Crippen LogP contribution in [0.3, 0.4) is 0 Å². The summed E-state index contributed by atoms with van der Waals surface area (Å²) in [5.74, 6) is -3.34. The van der Waals surface area contributed by atoms with Crippen molar-refractivity contribution in [3.63, 3.8) is 0 Å². The molecular weight excluding hydrogens is 462 g/mol. The molecule has 2 aromatic heterocycles. The zero-order valence-electron chi connectivity index (χ0n) is 18.7. The number of benzene rings is 2. The van der Waals surface area contributed by atoms with Gasteiger partial charge >= 0.3 is 10.2 Å². The number of H-pyrrole nitrogens is 1. The summed E-state index contributed by atoms with van der Waals surface area (Å²) >= 11 is 0. The van der Waals surface area contributed by atoms with Gasteiger partial charge in [0.15, 0.2) is 5.82 Å². The minimum atomic E-state index is -4.08. The summed E-state index contributed by atoms with van der Waals surface area (Å²) in [6, 6.07) is 11.2. The maximum atomic E-state index is 15.2. The van der Waals surface area contributed by atoms with Gasteiger partial charge in [-0.25, -0.2) is 13.8 Å². The monoisotopic (exact) mass is 484 g/mol. The Morgan fingerprint density at radius 3 is 2.50 bits per heavy atom. The SMILES string of the molecule is CCN(C)S(=O)(=O)Nc1ccc(F)c(C(=O)c2c[nH]c3ncc(-c4ccc(C)cc4)cc23)c1F. The molecule has 4 rings (SSSR count). The number of carbonyl (C=O) groups excluding carboxylic acids is 1. The molecule has 0 aliphatic heterocycles. The fraction of sp³-hybridized carbons (Fsp3) is 0.167. The van der Waals surface area contributed by atoms with Gasteiger partial charge in [0, 0.05) is 42.5 Å². The first-order valence-electron chi connectivity index (χ1n) is 10.4. The predicted molar refractivity (Wildman–Crippen MR) is 127 cm³/mol. The number of anilines is 1. The van der Waals surface area contributed by atoms with Gasteiger partial charge in [0.25, 0.3) is 0 Å². The fourth-order valence-corrected chi connectivity index (χ4v) is 4.39. The van der Waals surface area contributed by atoms with E-state index in [1.54, 1.807) is 19.2 Å². The largest absolute Gasteiger partial charge is 0.345 e. The Morgan fingerprint density at radius 1 is 1.12 bits per heavy atom. The van der Waals surface area contributed by atoms with Gasteiger partial charge in [-0.3, -0.25) is 9.52 Å². The molecule has 0 amide bonds. The molecule has 0 saturated heterocycles. The molecule has 0 atom stereocenters. The zero-order valence-corrected chi connectivity index (χ0v) is 19.5. The standard InChI is InChI=1S/C24H22F2N4O3S/c1-4-30(3)34(32,33)29-20-10-9-19(25)21(22(20)26)23(31)18-13-28-24-17(18)11-16(12-27-24)15-7-5-14(2)6-8-15/h5-13,29H,4H2,1-3H3,(H,27,28). The van der Waals surface area contributed by atoms with E-state index in [9.17, 15) is 17.6 Å². The Balaban J connectivity index is 1.78. The van der Waals surface area contributed by atoms with Crippen molar-refractivity contribution in [2.75, 3.05) is 18.3 Å². The van der Waals surface area contributed by atoms with E-state index < -0.39 is 38.9 Å². The summed E-state index contributed by atoms with van der Waals surface area (Å²) in [4.78, 5) is 20.4. The van der Waals surface area contributed by atoms with Crippen LogP contribution < -0.4 is 4.72 Å². The molecule has 0 aliphatic rings. The van der Waals surface area contributed by atoms with Crippen molar-refractivity contribution in [2.45, 2.75) is 13.8 Å². The van der Waals surface area contributed by atoms with E-state index in [-0.39, 0.29) is 12.1 Å². The molecule has 0 aliphatic carbocycles. The Kier molecular flexibility index (Phi) is 6.20. The van der Waals surface area contributed by atoms with Crippen LogP contribution in [0.1, 0.15) is 28.4 Å². The molecule has 0 unspecified atom stereocenters. The van der Waals surface area contributed by atoms with Crippen LogP contribution in [0.4, 0.5) is 14.5 Å². The highest BCUT2D eigenvalue weighted by Gasteiger charge is 2.27. The molecule has 10 heteroatoms. The van der Waals surface area contributed by atoms with Crippen molar-refractivity contribution in [3.05, 3.63) is 83.2 Å². The summed E-state index contributed by atoms with van der Waals surface area (Å²) in [6.45, 7) is 3.70. The summed E-state index contributed by atoms with van der Waals surface area (Å²) in [5, 5.41) is 0.388. The topological polar surface area (TPSA) is 95.2 Å². The highest BCUT2D eigenvalue weighted by molar-refractivity contribution is 7.90. The van der Waals surface area contributed by atoms with Gasteiger partial charge in [-0.05, 0) is 30.7 Å². The first-order chi connectivity index (χ1) is 16.1. The fourth-order valence-electron chi connectivity index (χ4n) is 3.46. The number of pyridine rings is 1. The van der Waals surface area contributed by atoms with Crippen molar-refractivity contribution >= 4 is 32.7 Å². The molecule has 2 aromatic carbocycles. The lowest BCUT2D eigenvalue weighted by Crippen LogP contribution is -2.32. The molecule has 176 valence electrons. The third kappa shape index (κ3) is 4.29. The zero-order chi connectivity index (χ0) is 24.6. The molecule has 0 saturated carbocycles. The summed E-state index contributed by atoms with van der Waals surface area (Å²) < 4.78 is 57.5. The Bertz CT molecular complexity index is 1500. The number of aryl methyl sites for hydroxylation is 1. The van der Waals surface area contributed by atoms with Crippen LogP contribution in [-0.4, -0.2) is 42.1 Å². The van der Waals surface area contributed by atoms with Crippen LogP contribution in [0.25, 0.3) is 22.2 Å². The van der Waals surface area contributed by atoms with Crippen molar-refractivity contribution < 1.29 is 22.0 Å². The second-order valence-corrected chi connectivity index (χ2v) is 9.60. The molecular formula is C24H22F2N4O3S. The Morgan fingerprint density at radius 2 is 1.82 bits per heavy atom. The molecule has 4 aromatic rings. The Hall–Kier alpha value is -3.63. The minimum Gasteiger partial charge on any atom is -0.345 e. The molecule has 2 N–H and O–H groups in total. The van der Waals surface area contributed by atoms with Crippen LogP contribution in [-0.2, 0) is 10.2 Å². The lowest BCUT2D eigenvalue weighted by Gasteiger charge is -2.17. The van der Waals surface area contributed by atoms with Crippen molar-refractivity contribution in [1.29, 1.82) is 0 Å². The van der Waals surface area contributed by atoms with Gasteiger partial charge in [-0.2, -0.15) is 12.7 Å². The first kappa shape index (κ1) is 23.5. The van der Waals surface area contributed by atoms with E-state index in [0.717, 1.165) is 33.1 Å². The summed E-state index contributed by atoms with van der Waals surface area (Å²) in [5.41, 5.74) is 1.69. The van der Waals surface area contributed by atoms with Gasteiger partial charge < -0.3 is 4.98 Å². The molecule has 34 heavy (non-hydrogen) atoms. The summed E-state index contributed by atoms with van der Waals surface area (Å²) in [6.07, 6.45) is 2.97. The van der Waals surface area contributed by atoms with Crippen LogP contribution in [0.2, 0.25) is 0 Å². The second kappa shape index (κ2) is 8.96. The number of hydrogen-bond acceptors (Lipinski definition) is 4. The number of halogens is 2. The number of aromatic nitrogens is 2. The lowest BCUT2D eigenvalue weighted by molar-refractivity contribution is 0.103. The lowest BCUT2D eigenvalue weighted by atomic mass is 9.99. The molecule has 0 spiro atoms. The van der Waals surface area contributed by atoms with Crippen LogP contribution in [0.5, 0.6) is 0 Å². The van der Waals surface area contributed by atoms with Gasteiger partial charge in [-0.15, -0.1) is 0 Å². The number of rotatable bonds is 7. The van der Waals surface area contributed by atoms with Gasteiger partial charge in [-0.1, -0.05) is 36.8 Å². The van der Waals surface area contributed by atoms with E-state index in [1.807, 2.05) is 31.2 Å². The number of nitrogens with one attached hydrogen (secondary N) is 2. The molecule has 7 nitrogen and oxygen atoms in total. The highest BCUT2D eigenvalue weighted by Crippen LogP contribution is 2.29.